The van der Waals surface area contributed by atoms with Crippen molar-refractivity contribution >= 4 is 11.8 Å². The second-order valence-electron chi connectivity index (χ2n) is 12.1. The number of amides is 2. The predicted molar refractivity (Wildman–Crippen MR) is 135 cm³/mol. The molecule has 2 atom stereocenters. The summed E-state index contributed by atoms with van der Waals surface area (Å²) >= 11 is 0. The van der Waals surface area contributed by atoms with E-state index in [0.29, 0.717) is 12.5 Å². The molecule has 6 heteroatoms. The minimum absolute atomic E-state index is 0.0349. The molecule has 2 amide bonds. The highest BCUT2D eigenvalue weighted by molar-refractivity contribution is 5.91. The summed E-state index contributed by atoms with van der Waals surface area (Å²) in [6.45, 7) is 3.42. The Balaban J connectivity index is 1.15. The van der Waals surface area contributed by atoms with E-state index >= 15 is 0 Å². The molecule has 0 radical (unpaired) electrons. The Morgan fingerprint density at radius 3 is 2.37 bits per heavy atom. The second kappa shape index (κ2) is 9.42. The average molecular weight is 480 g/mol. The van der Waals surface area contributed by atoms with Crippen LogP contribution in [-0.4, -0.2) is 60.9 Å². The van der Waals surface area contributed by atoms with Crippen LogP contribution in [-0.2, 0) is 9.59 Å². The molecule has 190 valence electrons. The SMILES string of the molecule is COc1cccc(C(CNC(=O)C2CCCN2C(=O)C23CC4CC(CC(C4)C2)C3)N2CCCC2)c1. The lowest BCUT2D eigenvalue weighted by molar-refractivity contribution is -0.160. The van der Waals surface area contributed by atoms with Gasteiger partial charge >= 0.3 is 0 Å². The average Bonchev–Trinajstić information content (AvgIpc) is 3.56. The van der Waals surface area contributed by atoms with Gasteiger partial charge in [0.2, 0.25) is 11.8 Å². The van der Waals surface area contributed by atoms with E-state index in [-0.39, 0.29) is 23.4 Å². The Morgan fingerprint density at radius 2 is 1.71 bits per heavy atom. The maximum atomic E-state index is 14.0. The molecule has 2 unspecified atom stereocenters. The first-order chi connectivity index (χ1) is 17.0. The summed E-state index contributed by atoms with van der Waals surface area (Å²) < 4.78 is 5.47. The van der Waals surface area contributed by atoms with Crippen LogP contribution in [0.3, 0.4) is 0 Å². The fourth-order valence-electron chi connectivity index (χ4n) is 8.63. The number of carbonyl (C=O) groups excluding carboxylic acids is 2. The van der Waals surface area contributed by atoms with Crippen LogP contribution in [0, 0.1) is 23.2 Å². The van der Waals surface area contributed by atoms with Crippen molar-refractivity contribution in [1.82, 2.24) is 15.1 Å². The van der Waals surface area contributed by atoms with Crippen molar-refractivity contribution in [1.29, 1.82) is 0 Å². The van der Waals surface area contributed by atoms with Gasteiger partial charge in [0.25, 0.3) is 0 Å². The number of methoxy groups -OCH3 is 1. The monoisotopic (exact) mass is 479 g/mol. The zero-order valence-corrected chi connectivity index (χ0v) is 21.2. The van der Waals surface area contributed by atoms with Gasteiger partial charge < -0.3 is 15.0 Å². The molecule has 35 heavy (non-hydrogen) atoms. The topological polar surface area (TPSA) is 61.9 Å². The van der Waals surface area contributed by atoms with Gasteiger partial charge in [-0.1, -0.05) is 12.1 Å². The lowest BCUT2D eigenvalue weighted by Gasteiger charge is -2.56. The van der Waals surface area contributed by atoms with Gasteiger partial charge in [-0.15, -0.1) is 0 Å². The van der Waals surface area contributed by atoms with E-state index in [1.807, 2.05) is 17.0 Å². The van der Waals surface area contributed by atoms with E-state index in [1.165, 1.54) is 37.7 Å². The molecule has 4 aliphatic carbocycles. The number of nitrogens with zero attached hydrogens (tertiary/aromatic N) is 2. The molecule has 1 aromatic carbocycles. The third-order valence-electron chi connectivity index (χ3n) is 9.84. The third kappa shape index (κ3) is 4.36. The smallest absolute Gasteiger partial charge is 0.242 e. The Kier molecular flexibility index (Phi) is 6.28. The Labute approximate surface area is 209 Å². The van der Waals surface area contributed by atoms with Gasteiger partial charge in [0.15, 0.2) is 0 Å². The minimum Gasteiger partial charge on any atom is -0.497 e. The fraction of sp³-hybridized carbons (Fsp3) is 0.724. The normalized spacial score (nSPS) is 34.8. The molecule has 2 saturated heterocycles. The minimum atomic E-state index is -0.306. The van der Waals surface area contributed by atoms with Crippen molar-refractivity contribution in [3.05, 3.63) is 29.8 Å². The van der Waals surface area contributed by atoms with Crippen LogP contribution < -0.4 is 10.1 Å². The molecule has 7 rings (SSSR count). The molecule has 2 aliphatic heterocycles. The number of rotatable bonds is 7. The quantitative estimate of drug-likeness (QED) is 0.638. The number of ether oxygens (including phenoxy) is 1. The van der Waals surface area contributed by atoms with Crippen molar-refractivity contribution in [2.24, 2.45) is 23.2 Å². The van der Waals surface area contributed by atoms with Crippen molar-refractivity contribution in [2.75, 3.05) is 33.3 Å². The molecule has 1 aromatic rings. The van der Waals surface area contributed by atoms with Crippen LogP contribution in [0.15, 0.2) is 24.3 Å². The maximum Gasteiger partial charge on any atom is 0.242 e. The van der Waals surface area contributed by atoms with E-state index in [9.17, 15) is 9.59 Å². The van der Waals surface area contributed by atoms with Crippen molar-refractivity contribution < 1.29 is 14.3 Å². The van der Waals surface area contributed by atoms with Crippen molar-refractivity contribution in [3.8, 4) is 5.75 Å². The van der Waals surface area contributed by atoms with E-state index in [4.69, 9.17) is 4.74 Å². The highest BCUT2D eigenvalue weighted by Gasteiger charge is 2.56. The van der Waals surface area contributed by atoms with Crippen LogP contribution in [0.5, 0.6) is 5.75 Å². The first-order valence-corrected chi connectivity index (χ1v) is 14.0. The van der Waals surface area contributed by atoms with Gasteiger partial charge in [-0.25, -0.2) is 0 Å². The summed E-state index contributed by atoms with van der Waals surface area (Å²) in [5.74, 6) is 3.41. The molecule has 1 N–H and O–H groups in total. The van der Waals surface area contributed by atoms with E-state index < -0.39 is 0 Å². The van der Waals surface area contributed by atoms with Crippen LogP contribution in [0.1, 0.15) is 75.8 Å². The number of likely N-dealkylation sites (tertiary alicyclic amines) is 2. The number of hydrogen-bond donors (Lipinski definition) is 1. The Bertz CT molecular complexity index is 921. The maximum absolute atomic E-state index is 14.0. The van der Waals surface area contributed by atoms with Gasteiger partial charge in [-0.05, 0) is 113 Å². The summed E-state index contributed by atoms with van der Waals surface area (Å²) in [6.07, 6.45) is 11.3. The van der Waals surface area contributed by atoms with Gasteiger partial charge in [-0.3, -0.25) is 14.5 Å². The van der Waals surface area contributed by atoms with E-state index in [1.54, 1.807) is 7.11 Å². The summed E-state index contributed by atoms with van der Waals surface area (Å²) in [4.78, 5) is 31.9. The van der Waals surface area contributed by atoms with Gasteiger partial charge in [0.1, 0.15) is 11.8 Å². The zero-order chi connectivity index (χ0) is 24.0. The number of carbonyl (C=O) groups is 2. The highest BCUT2D eigenvalue weighted by Crippen LogP contribution is 2.60. The largest absolute Gasteiger partial charge is 0.497 e. The van der Waals surface area contributed by atoms with E-state index in [2.05, 4.69) is 22.3 Å². The summed E-state index contributed by atoms with van der Waals surface area (Å²) in [5, 5.41) is 3.28. The molecule has 0 aromatic heterocycles. The van der Waals surface area contributed by atoms with Crippen molar-refractivity contribution in [3.63, 3.8) is 0 Å². The molecule has 2 heterocycles. The number of hydrogen-bond acceptors (Lipinski definition) is 4. The molecule has 6 fully saturated rings. The molecule has 6 nitrogen and oxygen atoms in total. The number of nitrogens with one attached hydrogen (secondary N) is 1. The molecule has 0 spiro atoms. The van der Waals surface area contributed by atoms with Crippen LogP contribution >= 0.6 is 0 Å². The van der Waals surface area contributed by atoms with Gasteiger partial charge in [0.05, 0.1) is 18.6 Å². The number of benzene rings is 1. The van der Waals surface area contributed by atoms with Crippen molar-refractivity contribution in [2.45, 2.75) is 76.3 Å². The van der Waals surface area contributed by atoms with E-state index in [0.717, 1.165) is 75.2 Å². The van der Waals surface area contributed by atoms with Crippen LogP contribution in [0.2, 0.25) is 0 Å². The Morgan fingerprint density at radius 1 is 1.03 bits per heavy atom. The van der Waals surface area contributed by atoms with Gasteiger partial charge in [-0.2, -0.15) is 0 Å². The highest BCUT2D eigenvalue weighted by atomic mass is 16.5. The second-order valence-corrected chi connectivity index (χ2v) is 12.1. The molecular formula is C29H41N3O3. The molecular weight excluding hydrogens is 438 g/mol. The fourth-order valence-corrected chi connectivity index (χ4v) is 8.63. The first-order valence-electron chi connectivity index (χ1n) is 14.0. The molecule has 6 aliphatic rings. The standard InChI is InChI=1S/C29H41N3O3/c1-35-24-7-4-6-23(15-24)26(31-9-2-3-10-31)19-30-27(33)25-8-5-11-32(25)28(34)29-16-20-12-21(17-29)14-22(13-20)18-29/h4,6-7,15,20-22,25-26H,2-3,5,8-14,16-19H2,1H3,(H,30,33). The first kappa shape index (κ1) is 23.3. The summed E-state index contributed by atoms with van der Waals surface area (Å²) in [5.41, 5.74) is 1.01. The van der Waals surface area contributed by atoms with Crippen LogP contribution in [0.25, 0.3) is 0 Å². The molecule has 4 saturated carbocycles. The summed E-state index contributed by atoms with van der Waals surface area (Å²) in [7, 11) is 1.70. The third-order valence-corrected chi connectivity index (χ3v) is 9.84. The van der Waals surface area contributed by atoms with Gasteiger partial charge in [0, 0.05) is 13.1 Å². The lowest BCUT2D eigenvalue weighted by Crippen LogP contribution is -2.57. The summed E-state index contributed by atoms with van der Waals surface area (Å²) in [6, 6.07) is 8.05. The predicted octanol–water partition coefficient (Wildman–Crippen LogP) is 4.16. The lowest BCUT2D eigenvalue weighted by atomic mass is 9.49. The molecule has 4 bridgehead atoms. The zero-order valence-electron chi connectivity index (χ0n) is 21.2. The Hall–Kier alpha value is -2.08. The van der Waals surface area contributed by atoms with Crippen LogP contribution in [0.4, 0.5) is 0 Å².